The number of aliphatic carboxylic acids is 1. The zero-order valence-electron chi connectivity index (χ0n) is 11.4. The molecule has 2 N–H and O–H groups in total. The van der Waals surface area contributed by atoms with E-state index >= 15 is 0 Å². The van der Waals surface area contributed by atoms with Gasteiger partial charge in [0.2, 0.25) is 0 Å². The number of terminal acetylenes is 1. The number of ether oxygens (including phenoxy) is 1. The van der Waals surface area contributed by atoms with Gasteiger partial charge in [-0.25, -0.2) is 4.79 Å². The van der Waals surface area contributed by atoms with Crippen molar-refractivity contribution in [1.29, 1.82) is 5.26 Å². The van der Waals surface area contributed by atoms with Gasteiger partial charge in [0, 0.05) is 6.42 Å². The number of rotatable bonds is 6. The number of amides is 1. The quantitative estimate of drug-likeness (QED) is 0.757. The molecule has 2 atom stereocenters. The highest BCUT2D eigenvalue weighted by Crippen LogP contribution is 2.18. The molecule has 1 rings (SSSR count). The van der Waals surface area contributed by atoms with Crippen LogP contribution in [0.3, 0.4) is 0 Å². The summed E-state index contributed by atoms with van der Waals surface area (Å²) in [6, 6.07) is 7.22. The minimum absolute atomic E-state index is 0.122. The molecular formula is C15H14N2O4. The Morgan fingerprint density at radius 1 is 1.48 bits per heavy atom. The lowest BCUT2D eigenvalue weighted by Gasteiger charge is -2.18. The lowest BCUT2D eigenvalue weighted by atomic mass is 10.2. The van der Waals surface area contributed by atoms with Crippen LogP contribution in [0.25, 0.3) is 0 Å². The molecule has 108 valence electrons. The first-order valence-corrected chi connectivity index (χ1v) is 6.12. The first kappa shape index (κ1) is 16.1. The average Bonchev–Trinajstić information content (AvgIpc) is 2.47. The van der Waals surface area contributed by atoms with Gasteiger partial charge in [-0.2, -0.15) is 5.26 Å². The first-order valence-electron chi connectivity index (χ1n) is 6.12. The van der Waals surface area contributed by atoms with Gasteiger partial charge in [-0.05, 0) is 19.1 Å². The number of para-hydroxylation sites is 1. The largest absolute Gasteiger partial charge is 0.480 e. The minimum Gasteiger partial charge on any atom is -0.480 e. The molecule has 0 saturated carbocycles. The van der Waals surface area contributed by atoms with Crippen molar-refractivity contribution in [3.8, 4) is 24.2 Å². The fourth-order valence-corrected chi connectivity index (χ4v) is 1.51. The monoisotopic (exact) mass is 286 g/mol. The number of nitrogens with zero attached hydrogens (tertiary/aromatic N) is 1. The third kappa shape index (κ3) is 4.55. The van der Waals surface area contributed by atoms with Crippen LogP contribution in [0.5, 0.6) is 5.75 Å². The standard InChI is InChI=1S/C15H14N2O4/c1-3-6-12(15(19)20)17-14(18)10(2)21-13-8-5-4-7-11(13)9-16/h1,4-5,7-8,10,12H,6H2,2H3,(H,17,18)(H,19,20). The Morgan fingerprint density at radius 3 is 2.71 bits per heavy atom. The third-order valence-electron chi connectivity index (χ3n) is 2.62. The van der Waals surface area contributed by atoms with E-state index in [1.165, 1.54) is 6.92 Å². The van der Waals surface area contributed by atoms with Gasteiger partial charge in [0.25, 0.3) is 5.91 Å². The van der Waals surface area contributed by atoms with Crippen molar-refractivity contribution in [2.45, 2.75) is 25.5 Å². The summed E-state index contributed by atoms with van der Waals surface area (Å²) in [6.07, 6.45) is 3.97. The number of hydrogen-bond donors (Lipinski definition) is 2. The number of carbonyl (C=O) groups excluding carboxylic acids is 1. The number of nitrogens with one attached hydrogen (secondary N) is 1. The Balaban J connectivity index is 2.73. The van der Waals surface area contributed by atoms with Gasteiger partial charge >= 0.3 is 5.97 Å². The van der Waals surface area contributed by atoms with Crippen molar-refractivity contribution in [3.05, 3.63) is 29.8 Å². The highest BCUT2D eigenvalue weighted by Gasteiger charge is 2.23. The van der Waals surface area contributed by atoms with Gasteiger partial charge in [-0.1, -0.05) is 12.1 Å². The molecule has 0 spiro atoms. The maximum absolute atomic E-state index is 11.9. The molecule has 0 fully saturated rings. The summed E-state index contributed by atoms with van der Waals surface area (Å²) >= 11 is 0. The van der Waals surface area contributed by atoms with Crippen LogP contribution in [0.15, 0.2) is 24.3 Å². The smallest absolute Gasteiger partial charge is 0.327 e. The zero-order chi connectivity index (χ0) is 15.8. The summed E-state index contributed by atoms with van der Waals surface area (Å²) in [5, 5.41) is 20.1. The van der Waals surface area contributed by atoms with Crippen LogP contribution < -0.4 is 10.1 Å². The van der Waals surface area contributed by atoms with E-state index in [1.807, 2.05) is 6.07 Å². The molecule has 1 aromatic rings. The highest BCUT2D eigenvalue weighted by atomic mass is 16.5. The summed E-state index contributed by atoms with van der Waals surface area (Å²) in [5.41, 5.74) is 0.288. The van der Waals surface area contributed by atoms with Crippen LogP contribution in [-0.2, 0) is 9.59 Å². The van der Waals surface area contributed by atoms with Crippen molar-refractivity contribution < 1.29 is 19.4 Å². The lowest BCUT2D eigenvalue weighted by Crippen LogP contribution is -2.46. The summed E-state index contributed by atoms with van der Waals surface area (Å²) < 4.78 is 5.38. The van der Waals surface area contributed by atoms with E-state index in [-0.39, 0.29) is 17.7 Å². The molecule has 2 unspecified atom stereocenters. The number of carboxylic acids is 1. The number of carboxylic acid groups (broad SMARTS) is 1. The van der Waals surface area contributed by atoms with E-state index in [0.29, 0.717) is 0 Å². The van der Waals surface area contributed by atoms with E-state index in [1.54, 1.807) is 24.3 Å². The molecule has 0 aliphatic rings. The van der Waals surface area contributed by atoms with Gasteiger partial charge in [-0.15, -0.1) is 12.3 Å². The number of carbonyl (C=O) groups is 2. The minimum atomic E-state index is -1.22. The summed E-state index contributed by atoms with van der Waals surface area (Å²) in [6.45, 7) is 1.46. The second kappa shape index (κ2) is 7.56. The van der Waals surface area contributed by atoms with E-state index < -0.39 is 24.0 Å². The van der Waals surface area contributed by atoms with Crippen molar-refractivity contribution in [2.75, 3.05) is 0 Å². The molecule has 0 aliphatic heterocycles. The Kier molecular flexibility index (Phi) is 5.79. The molecular weight excluding hydrogens is 272 g/mol. The van der Waals surface area contributed by atoms with Crippen LogP contribution in [0.1, 0.15) is 18.9 Å². The molecule has 0 aliphatic carbocycles. The Morgan fingerprint density at radius 2 is 2.14 bits per heavy atom. The molecule has 6 heteroatoms. The van der Waals surface area contributed by atoms with E-state index in [4.69, 9.17) is 21.5 Å². The fraction of sp³-hybridized carbons (Fsp3) is 0.267. The van der Waals surface area contributed by atoms with Gasteiger partial charge < -0.3 is 15.2 Å². The van der Waals surface area contributed by atoms with Crippen molar-refractivity contribution >= 4 is 11.9 Å². The highest BCUT2D eigenvalue weighted by molar-refractivity contribution is 5.86. The lowest BCUT2D eigenvalue weighted by molar-refractivity contribution is -0.142. The van der Waals surface area contributed by atoms with Crippen LogP contribution in [0, 0.1) is 23.7 Å². The van der Waals surface area contributed by atoms with E-state index in [9.17, 15) is 9.59 Å². The van der Waals surface area contributed by atoms with Gasteiger partial charge in [0.05, 0.1) is 5.56 Å². The van der Waals surface area contributed by atoms with Crippen LogP contribution in [0.4, 0.5) is 0 Å². The van der Waals surface area contributed by atoms with Gasteiger partial charge in [-0.3, -0.25) is 4.79 Å². The van der Waals surface area contributed by atoms with E-state index in [0.717, 1.165) is 0 Å². The molecule has 1 aromatic carbocycles. The van der Waals surface area contributed by atoms with Crippen LogP contribution >= 0.6 is 0 Å². The first-order chi connectivity index (χ1) is 9.99. The normalized spacial score (nSPS) is 12.3. The second-order valence-electron chi connectivity index (χ2n) is 4.18. The van der Waals surface area contributed by atoms with Gasteiger partial charge in [0.15, 0.2) is 6.10 Å². The third-order valence-corrected chi connectivity index (χ3v) is 2.62. The molecule has 0 radical (unpaired) electrons. The SMILES string of the molecule is C#CCC(NC(=O)C(C)Oc1ccccc1C#N)C(=O)O. The van der Waals surface area contributed by atoms with Crippen LogP contribution in [-0.4, -0.2) is 29.1 Å². The summed E-state index contributed by atoms with van der Waals surface area (Å²) in [5.74, 6) is 0.601. The van der Waals surface area contributed by atoms with Crippen molar-refractivity contribution in [1.82, 2.24) is 5.32 Å². The number of hydrogen-bond acceptors (Lipinski definition) is 4. The average molecular weight is 286 g/mol. The second-order valence-corrected chi connectivity index (χ2v) is 4.18. The van der Waals surface area contributed by atoms with Crippen LogP contribution in [0.2, 0.25) is 0 Å². The Hall–Kier alpha value is -2.99. The molecule has 0 aromatic heterocycles. The maximum Gasteiger partial charge on any atom is 0.327 e. The number of nitriles is 1. The molecule has 21 heavy (non-hydrogen) atoms. The van der Waals surface area contributed by atoms with Crippen molar-refractivity contribution in [3.63, 3.8) is 0 Å². The Bertz CT molecular complexity index is 613. The van der Waals surface area contributed by atoms with E-state index in [2.05, 4.69) is 11.2 Å². The molecule has 6 nitrogen and oxygen atoms in total. The fourth-order valence-electron chi connectivity index (χ4n) is 1.51. The maximum atomic E-state index is 11.9. The summed E-state index contributed by atoms with van der Waals surface area (Å²) in [4.78, 5) is 22.8. The summed E-state index contributed by atoms with van der Waals surface area (Å²) in [7, 11) is 0. The Labute approximate surface area is 122 Å². The molecule has 0 bridgehead atoms. The zero-order valence-corrected chi connectivity index (χ0v) is 11.4. The predicted molar refractivity (Wildman–Crippen MR) is 74.3 cm³/mol. The molecule has 1 amide bonds. The van der Waals surface area contributed by atoms with Gasteiger partial charge in [0.1, 0.15) is 17.9 Å². The number of benzene rings is 1. The molecule has 0 heterocycles. The predicted octanol–water partition coefficient (Wildman–Crippen LogP) is 0.918. The topological polar surface area (TPSA) is 99.4 Å². The van der Waals surface area contributed by atoms with Crippen molar-refractivity contribution in [2.24, 2.45) is 0 Å². The molecule has 0 saturated heterocycles.